The molecule has 0 aliphatic rings. The van der Waals surface area contributed by atoms with Gasteiger partial charge in [0, 0.05) is 13.1 Å². The molecule has 0 bridgehead atoms. The van der Waals surface area contributed by atoms with Crippen LogP contribution < -0.4 is 10.1 Å². The predicted molar refractivity (Wildman–Crippen MR) is 80.8 cm³/mol. The molecule has 0 spiro atoms. The third kappa shape index (κ3) is 4.08. The zero-order valence-corrected chi connectivity index (χ0v) is 12.0. The summed E-state index contributed by atoms with van der Waals surface area (Å²) in [6.07, 6.45) is -0.532. The highest BCUT2D eigenvalue weighted by molar-refractivity contribution is 5.30. The van der Waals surface area contributed by atoms with E-state index in [4.69, 9.17) is 4.74 Å². The first kappa shape index (κ1) is 14.6. The standard InChI is InChI=1S/C17H21NO2/c1-13-6-8-14(9-7-13)11-18-12-17(19)15-4-3-5-16(10-15)20-2/h3-10,17-19H,11-12H2,1-2H3. The van der Waals surface area contributed by atoms with Crippen molar-refractivity contribution in [3.05, 3.63) is 65.2 Å². The Kier molecular flexibility index (Phi) is 5.16. The molecule has 1 atom stereocenters. The number of hydrogen-bond donors (Lipinski definition) is 2. The molecule has 0 aromatic heterocycles. The second-order valence-corrected chi connectivity index (χ2v) is 4.91. The minimum Gasteiger partial charge on any atom is -0.497 e. The maximum absolute atomic E-state index is 10.1. The van der Waals surface area contributed by atoms with Gasteiger partial charge in [0.25, 0.3) is 0 Å². The molecular formula is C17H21NO2. The van der Waals surface area contributed by atoms with Crippen molar-refractivity contribution < 1.29 is 9.84 Å². The van der Waals surface area contributed by atoms with Gasteiger partial charge >= 0.3 is 0 Å². The molecule has 3 heteroatoms. The van der Waals surface area contributed by atoms with Crippen molar-refractivity contribution in [2.75, 3.05) is 13.7 Å². The molecule has 0 saturated carbocycles. The van der Waals surface area contributed by atoms with Crippen LogP contribution in [0, 0.1) is 6.92 Å². The second-order valence-electron chi connectivity index (χ2n) is 4.91. The summed E-state index contributed by atoms with van der Waals surface area (Å²) in [4.78, 5) is 0. The van der Waals surface area contributed by atoms with Crippen LogP contribution in [0.4, 0.5) is 0 Å². The Morgan fingerprint density at radius 2 is 1.90 bits per heavy atom. The van der Waals surface area contributed by atoms with E-state index in [1.54, 1.807) is 7.11 Å². The number of aryl methyl sites for hydroxylation is 1. The number of hydrogen-bond acceptors (Lipinski definition) is 3. The van der Waals surface area contributed by atoms with Gasteiger partial charge in [-0.25, -0.2) is 0 Å². The van der Waals surface area contributed by atoms with E-state index >= 15 is 0 Å². The monoisotopic (exact) mass is 271 g/mol. The normalized spacial score (nSPS) is 12.2. The van der Waals surface area contributed by atoms with Crippen LogP contribution in [0.1, 0.15) is 22.8 Å². The zero-order valence-electron chi connectivity index (χ0n) is 12.0. The Balaban J connectivity index is 1.85. The topological polar surface area (TPSA) is 41.5 Å². The van der Waals surface area contributed by atoms with Gasteiger partial charge in [-0.05, 0) is 30.2 Å². The van der Waals surface area contributed by atoms with Crippen molar-refractivity contribution in [1.82, 2.24) is 5.32 Å². The number of methoxy groups -OCH3 is 1. The molecule has 0 aliphatic carbocycles. The van der Waals surface area contributed by atoms with Crippen LogP contribution in [0.5, 0.6) is 5.75 Å². The molecule has 0 fully saturated rings. The fourth-order valence-electron chi connectivity index (χ4n) is 2.03. The maximum atomic E-state index is 10.1. The molecule has 106 valence electrons. The first-order valence-corrected chi connectivity index (χ1v) is 6.77. The smallest absolute Gasteiger partial charge is 0.119 e. The molecular weight excluding hydrogens is 250 g/mol. The van der Waals surface area contributed by atoms with E-state index in [1.165, 1.54) is 11.1 Å². The molecule has 2 rings (SSSR count). The van der Waals surface area contributed by atoms with Crippen molar-refractivity contribution in [3.8, 4) is 5.75 Å². The van der Waals surface area contributed by atoms with E-state index in [0.717, 1.165) is 17.9 Å². The zero-order chi connectivity index (χ0) is 14.4. The van der Waals surface area contributed by atoms with E-state index in [-0.39, 0.29) is 0 Å². The van der Waals surface area contributed by atoms with E-state index in [9.17, 15) is 5.11 Å². The van der Waals surface area contributed by atoms with E-state index in [2.05, 4.69) is 36.5 Å². The minimum absolute atomic E-state index is 0.515. The highest BCUT2D eigenvalue weighted by Gasteiger charge is 2.07. The van der Waals surface area contributed by atoms with Crippen LogP contribution in [0.25, 0.3) is 0 Å². The van der Waals surface area contributed by atoms with Gasteiger partial charge in [0.2, 0.25) is 0 Å². The Morgan fingerprint density at radius 1 is 1.15 bits per heavy atom. The Morgan fingerprint density at radius 3 is 2.60 bits per heavy atom. The summed E-state index contributed by atoms with van der Waals surface area (Å²) < 4.78 is 5.16. The highest BCUT2D eigenvalue weighted by Crippen LogP contribution is 2.18. The average molecular weight is 271 g/mol. The highest BCUT2D eigenvalue weighted by atomic mass is 16.5. The van der Waals surface area contributed by atoms with Gasteiger partial charge in [0.1, 0.15) is 5.75 Å². The number of ether oxygens (including phenoxy) is 1. The number of aliphatic hydroxyl groups is 1. The fourth-order valence-corrected chi connectivity index (χ4v) is 2.03. The summed E-state index contributed by atoms with van der Waals surface area (Å²) >= 11 is 0. The second kappa shape index (κ2) is 7.08. The van der Waals surface area contributed by atoms with Crippen LogP contribution in [0.2, 0.25) is 0 Å². The molecule has 0 radical (unpaired) electrons. The molecule has 2 aromatic rings. The number of benzene rings is 2. The summed E-state index contributed by atoms with van der Waals surface area (Å²) in [6, 6.07) is 15.9. The number of aliphatic hydroxyl groups excluding tert-OH is 1. The van der Waals surface area contributed by atoms with Gasteiger partial charge in [-0.3, -0.25) is 0 Å². The van der Waals surface area contributed by atoms with Gasteiger partial charge in [0.05, 0.1) is 13.2 Å². The van der Waals surface area contributed by atoms with Gasteiger partial charge in [-0.1, -0.05) is 42.0 Å². The summed E-state index contributed by atoms with van der Waals surface area (Å²) in [7, 11) is 1.63. The van der Waals surface area contributed by atoms with Crippen LogP contribution in [-0.2, 0) is 6.54 Å². The largest absolute Gasteiger partial charge is 0.497 e. The Labute approximate surface area is 120 Å². The van der Waals surface area contributed by atoms with Crippen molar-refractivity contribution >= 4 is 0 Å². The van der Waals surface area contributed by atoms with Gasteiger partial charge in [0.15, 0.2) is 0 Å². The molecule has 20 heavy (non-hydrogen) atoms. The summed E-state index contributed by atoms with van der Waals surface area (Å²) in [5, 5.41) is 13.4. The summed E-state index contributed by atoms with van der Waals surface area (Å²) in [6.45, 7) is 3.34. The minimum atomic E-state index is -0.532. The predicted octanol–water partition coefficient (Wildman–Crippen LogP) is 2.83. The molecule has 3 nitrogen and oxygen atoms in total. The van der Waals surface area contributed by atoms with Gasteiger partial charge in [-0.2, -0.15) is 0 Å². The average Bonchev–Trinajstić information content (AvgIpc) is 2.49. The lowest BCUT2D eigenvalue weighted by atomic mass is 10.1. The third-order valence-corrected chi connectivity index (χ3v) is 3.27. The van der Waals surface area contributed by atoms with Gasteiger partial charge < -0.3 is 15.2 Å². The summed E-state index contributed by atoms with van der Waals surface area (Å²) in [5.74, 6) is 0.764. The van der Waals surface area contributed by atoms with Crippen molar-refractivity contribution in [3.63, 3.8) is 0 Å². The first-order chi connectivity index (χ1) is 9.69. The molecule has 0 saturated heterocycles. The van der Waals surface area contributed by atoms with Gasteiger partial charge in [-0.15, -0.1) is 0 Å². The van der Waals surface area contributed by atoms with Crippen molar-refractivity contribution in [2.24, 2.45) is 0 Å². The molecule has 0 amide bonds. The first-order valence-electron chi connectivity index (χ1n) is 6.77. The van der Waals surface area contributed by atoms with Crippen LogP contribution >= 0.6 is 0 Å². The SMILES string of the molecule is COc1cccc(C(O)CNCc2ccc(C)cc2)c1. The van der Waals surface area contributed by atoms with Crippen LogP contribution in [-0.4, -0.2) is 18.8 Å². The number of rotatable bonds is 6. The molecule has 0 heterocycles. The third-order valence-electron chi connectivity index (χ3n) is 3.27. The van der Waals surface area contributed by atoms with E-state index < -0.39 is 6.10 Å². The lowest BCUT2D eigenvalue weighted by Gasteiger charge is -2.13. The maximum Gasteiger partial charge on any atom is 0.119 e. The van der Waals surface area contributed by atoms with Crippen molar-refractivity contribution in [1.29, 1.82) is 0 Å². The lowest BCUT2D eigenvalue weighted by Crippen LogP contribution is -2.21. The lowest BCUT2D eigenvalue weighted by molar-refractivity contribution is 0.174. The van der Waals surface area contributed by atoms with Crippen LogP contribution in [0.15, 0.2) is 48.5 Å². The molecule has 0 aliphatic heterocycles. The quantitative estimate of drug-likeness (QED) is 0.849. The Bertz CT molecular complexity index is 537. The van der Waals surface area contributed by atoms with Crippen LogP contribution in [0.3, 0.4) is 0 Å². The number of nitrogens with one attached hydrogen (secondary N) is 1. The molecule has 2 N–H and O–H groups in total. The van der Waals surface area contributed by atoms with E-state index in [0.29, 0.717) is 6.54 Å². The van der Waals surface area contributed by atoms with E-state index in [1.807, 2.05) is 24.3 Å². The molecule has 1 unspecified atom stereocenters. The summed E-state index contributed by atoms with van der Waals surface area (Å²) in [5.41, 5.74) is 3.33. The fraction of sp³-hybridized carbons (Fsp3) is 0.294. The Hall–Kier alpha value is -1.84. The molecule has 2 aromatic carbocycles. The van der Waals surface area contributed by atoms with Crippen molar-refractivity contribution in [2.45, 2.75) is 19.6 Å².